The summed E-state index contributed by atoms with van der Waals surface area (Å²) in [7, 11) is 0. The summed E-state index contributed by atoms with van der Waals surface area (Å²) in [6, 6.07) is 7.73. The molecule has 0 saturated heterocycles. The fraction of sp³-hybridized carbons (Fsp3) is 0.588. The number of rotatable bonds is 9. The van der Waals surface area contributed by atoms with Gasteiger partial charge in [0.25, 0.3) is 0 Å². The van der Waals surface area contributed by atoms with E-state index in [1.54, 1.807) is 0 Å². The van der Waals surface area contributed by atoms with Crippen molar-refractivity contribution in [3.05, 3.63) is 29.8 Å². The largest absolute Gasteiger partial charge is 0.492 e. The minimum Gasteiger partial charge on any atom is -0.492 e. The molecule has 3 rings (SSSR count). The molecule has 3 nitrogen and oxygen atoms in total. The third-order valence-electron chi connectivity index (χ3n) is 4.24. The van der Waals surface area contributed by atoms with Crippen LogP contribution in [-0.2, 0) is 0 Å². The predicted molar refractivity (Wildman–Crippen MR) is 89.7 cm³/mol. The van der Waals surface area contributed by atoms with Crippen LogP contribution in [0.4, 0.5) is 0 Å². The Morgan fingerprint density at radius 3 is 2.14 bits per heavy atom. The lowest BCUT2D eigenvalue weighted by Crippen LogP contribution is -2.32. The minimum absolute atomic E-state index is 0.432. The van der Waals surface area contributed by atoms with E-state index in [1.807, 2.05) is 24.3 Å². The summed E-state index contributed by atoms with van der Waals surface area (Å²) in [6.45, 7) is 4.32. The first-order valence-corrected chi connectivity index (χ1v) is 8.36. The van der Waals surface area contributed by atoms with Gasteiger partial charge >= 0.3 is 0 Å². The number of thiocarbonyl (C=S) groups is 1. The first-order chi connectivity index (χ1) is 10.2. The third kappa shape index (κ3) is 4.97. The quantitative estimate of drug-likeness (QED) is 0.712. The molecule has 0 aliphatic heterocycles. The lowest BCUT2D eigenvalue weighted by Gasteiger charge is -2.22. The molecule has 114 valence electrons. The molecule has 0 radical (unpaired) electrons. The molecular formula is C17H24N2OS. The van der Waals surface area contributed by atoms with Crippen LogP contribution in [0.1, 0.15) is 31.2 Å². The molecule has 0 atom stereocenters. The van der Waals surface area contributed by atoms with Gasteiger partial charge in [0.1, 0.15) is 17.3 Å². The van der Waals surface area contributed by atoms with Crippen LogP contribution in [0.2, 0.25) is 0 Å². The molecule has 0 spiro atoms. The second-order valence-electron chi connectivity index (χ2n) is 6.38. The van der Waals surface area contributed by atoms with Gasteiger partial charge in [0.15, 0.2) is 0 Å². The van der Waals surface area contributed by atoms with E-state index in [9.17, 15) is 0 Å². The smallest absolute Gasteiger partial charge is 0.119 e. The van der Waals surface area contributed by atoms with Crippen LogP contribution in [0.15, 0.2) is 24.3 Å². The molecule has 4 heteroatoms. The van der Waals surface area contributed by atoms with E-state index >= 15 is 0 Å². The molecule has 2 saturated carbocycles. The fourth-order valence-corrected chi connectivity index (χ4v) is 2.73. The maximum absolute atomic E-state index is 5.85. The fourth-order valence-electron chi connectivity index (χ4n) is 2.60. The highest BCUT2D eigenvalue weighted by Gasteiger charge is 2.28. The first kappa shape index (κ1) is 14.8. The van der Waals surface area contributed by atoms with Gasteiger partial charge in [-0.05, 0) is 61.8 Å². The van der Waals surface area contributed by atoms with Crippen molar-refractivity contribution in [1.82, 2.24) is 4.90 Å². The normalized spacial score (nSPS) is 18.0. The van der Waals surface area contributed by atoms with Crippen molar-refractivity contribution in [2.75, 3.05) is 26.2 Å². The molecule has 0 aromatic heterocycles. The summed E-state index contributed by atoms with van der Waals surface area (Å²) in [5.74, 6) is 2.80. The average Bonchev–Trinajstić information content (AvgIpc) is 3.35. The monoisotopic (exact) mass is 304 g/mol. The van der Waals surface area contributed by atoms with Crippen LogP contribution < -0.4 is 10.5 Å². The second kappa shape index (κ2) is 6.75. The van der Waals surface area contributed by atoms with Gasteiger partial charge in [0.2, 0.25) is 0 Å². The molecule has 2 N–H and O–H groups in total. The molecule has 0 amide bonds. The van der Waals surface area contributed by atoms with E-state index in [0.717, 1.165) is 36.3 Å². The van der Waals surface area contributed by atoms with E-state index in [4.69, 9.17) is 22.7 Å². The maximum Gasteiger partial charge on any atom is 0.119 e. The van der Waals surface area contributed by atoms with Gasteiger partial charge in [0.05, 0.1) is 0 Å². The summed E-state index contributed by atoms with van der Waals surface area (Å²) in [4.78, 5) is 3.03. The minimum atomic E-state index is 0.432. The van der Waals surface area contributed by atoms with E-state index in [0.29, 0.717) is 4.99 Å². The number of hydrogen-bond acceptors (Lipinski definition) is 3. The van der Waals surface area contributed by atoms with Crippen LogP contribution in [0.3, 0.4) is 0 Å². The predicted octanol–water partition coefficient (Wildman–Crippen LogP) is 2.82. The number of benzene rings is 1. The standard InChI is InChI=1S/C17H24N2OS/c18-17(21)15-5-7-16(8-6-15)20-10-9-19(11-13-1-2-13)12-14-3-4-14/h5-8,13-14H,1-4,9-12H2,(H2,18,21). The Morgan fingerprint density at radius 1 is 1.10 bits per heavy atom. The van der Waals surface area contributed by atoms with E-state index in [-0.39, 0.29) is 0 Å². The van der Waals surface area contributed by atoms with Crippen molar-refractivity contribution in [2.45, 2.75) is 25.7 Å². The van der Waals surface area contributed by atoms with Gasteiger partial charge in [-0.25, -0.2) is 0 Å². The number of ether oxygens (including phenoxy) is 1. The number of nitrogens with two attached hydrogens (primary N) is 1. The zero-order valence-electron chi connectivity index (χ0n) is 12.5. The van der Waals surface area contributed by atoms with E-state index in [1.165, 1.54) is 38.8 Å². The van der Waals surface area contributed by atoms with E-state index < -0.39 is 0 Å². The molecule has 0 bridgehead atoms. The van der Waals surface area contributed by atoms with Crippen LogP contribution in [0.5, 0.6) is 5.75 Å². The zero-order valence-corrected chi connectivity index (χ0v) is 13.3. The van der Waals surface area contributed by atoms with Crippen molar-refractivity contribution in [1.29, 1.82) is 0 Å². The highest BCUT2D eigenvalue weighted by atomic mass is 32.1. The molecule has 1 aromatic rings. The van der Waals surface area contributed by atoms with Crippen molar-refractivity contribution < 1.29 is 4.74 Å². The first-order valence-electron chi connectivity index (χ1n) is 7.96. The Morgan fingerprint density at radius 2 is 1.67 bits per heavy atom. The molecular weight excluding hydrogens is 280 g/mol. The van der Waals surface area contributed by atoms with Gasteiger partial charge < -0.3 is 10.5 Å². The van der Waals surface area contributed by atoms with Gasteiger partial charge in [-0.15, -0.1) is 0 Å². The Hall–Kier alpha value is -1.13. The number of nitrogens with zero attached hydrogens (tertiary/aromatic N) is 1. The van der Waals surface area contributed by atoms with Crippen molar-refractivity contribution in [2.24, 2.45) is 17.6 Å². The third-order valence-corrected chi connectivity index (χ3v) is 4.48. The van der Waals surface area contributed by atoms with Crippen LogP contribution in [-0.4, -0.2) is 36.1 Å². The summed E-state index contributed by atoms with van der Waals surface area (Å²) in [5.41, 5.74) is 6.48. The van der Waals surface area contributed by atoms with E-state index in [2.05, 4.69) is 4.90 Å². The Labute approximate surface area is 132 Å². The summed E-state index contributed by atoms with van der Waals surface area (Å²) >= 11 is 4.95. The lowest BCUT2D eigenvalue weighted by molar-refractivity contribution is 0.197. The van der Waals surface area contributed by atoms with Crippen molar-refractivity contribution >= 4 is 17.2 Å². The molecule has 0 heterocycles. The summed E-state index contributed by atoms with van der Waals surface area (Å²) < 4.78 is 5.85. The molecule has 2 fully saturated rings. The van der Waals surface area contributed by atoms with Gasteiger partial charge in [-0.2, -0.15) is 0 Å². The molecule has 21 heavy (non-hydrogen) atoms. The molecule has 2 aliphatic carbocycles. The van der Waals surface area contributed by atoms with Gasteiger partial charge in [-0.3, -0.25) is 4.90 Å². The Kier molecular flexibility index (Phi) is 4.76. The van der Waals surface area contributed by atoms with Crippen LogP contribution in [0.25, 0.3) is 0 Å². The molecule has 1 aromatic carbocycles. The maximum atomic E-state index is 5.85. The van der Waals surface area contributed by atoms with Gasteiger partial charge in [-0.1, -0.05) is 12.2 Å². The average molecular weight is 304 g/mol. The lowest BCUT2D eigenvalue weighted by atomic mass is 10.2. The Bertz CT molecular complexity index is 466. The zero-order chi connectivity index (χ0) is 14.7. The van der Waals surface area contributed by atoms with Crippen LogP contribution >= 0.6 is 12.2 Å². The second-order valence-corrected chi connectivity index (χ2v) is 6.82. The molecule has 0 unspecified atom stereocenters. The summed E-state index contributed by atoms with van der Waals surface area (Å²) in [5, 5.41) is 0. The topological polar surface area (TPSA) is 38.5 Å². The Balaban J connectivity index is 1.43. The summed E-state index contributed by atoms with van der Waals surface area (Å²) in [6.07, 6.45) is 5.68. The number of hydrogen-bond donors (Lipinski definition) is 1. The van der Waals surface area contributed by atoms with Crippen molar-refractivity contribution in [3.8, 4) is 5.75 Å². The highest BCUT2D eigenvalue weighted by molar-refractivity contribution is 7.80. The van der Waals surface area contributed by atoms with Crippen molar-refractivity contribution in [3.63, 3.8) is 0 Å². The SMILES string of the molecule is NC(=S)c1ccc(OCCN(CC2CC2)CC2CC2)cc1. The highest BCUT2D eigenvalue weighted by Crippen LogP contribution is 2.33. The van der Waals surface area contributed by atoms with Crippen LogP contribution in [0, 0.1) is 11.8 Å². The molecule has 2 aliphatic rings. The van der Waals surface area contributed by atoms with Gasteiger partial charge in [0, 0.05) is 25.2 Å².